The molecule has 5 rings (SSSR count). The van der Waals surface area contributed by atoms with E-state index in [-0.39, 0.29) is 0 Å². The Balaban J connectivity index is 0.000000527. The molecule has 0 spiro atoms. The third-order valence-corrected chi connectivity index (χ3v) is 4.24. The van der Waals surface area contributed by atoms with Crippen molar-refractivity contribution in [3.8, 4) is 22.6 Å². The molecule has 5 aromatic rings. The Labute approximate surface area is 185 Å². The van der Waals surface area contributed by atoms with Crippen LogP contribution in [0.15, 0.2) is 75.6 Å². The molecule has 0 radical (unpaired) electrons. The van der Waals surface area contributed by atoms with Gasteiger partial charge in [-0.1, -0.05) is 71.9 Å². The van der Waals surface area contributed by atoms with Crippen molar-refractivity contribution < 1.29 is 8.83 Å². The Morgan fingerprint density at radius 2 is 1.19 bits per heavy atom. The molecule has 0 amide bonds. The first-order chi connectivity index (χ1) is 15.3. The summed E-state index contributed by atoms with van der Waals surface area (Å²) in [6.45, 7) is 13.9. The molecule has 31 heavy (non-hydrogen) atoms. The van der Waals surface area contributed by atoms with Gasteiger partial charge in [-0.3, -0.25) is 0 Å². The van der Waals surface area contributed by atoms with Crippen LogP contribution in [0, 0.1) is 6.92 Å². The molecule has 0 aliphatic rings. The summed E-state index contributed by atoms with van der Waals surface area (Å²) in [4.78, 5) is 8.98. The summed E-state index contributed by atoms with van der Waals surface area (Å²) < 4.78 is 11.5. The van der Waals surface area contributed by atoms with Gasteiger partial charge < -0.3 is 8.83 Å². The van der Waals surface area contributed by atoms with Crippen LogP contribution in [0.4, 0.5) is 0 Å². The molecule has 0 aliphatic carbocycles. The number of hydrogen-bond acceptors (Lipinski definition) is 4. The zero-order chi connectivity index (χ0) is 22.8. The number of hydrogen-bond donors (Lipinski definition) is 0. The number of rotatable bonds is 2. The molecule has 2 aromatic heterocycles. The average Bonchev–Trinajstić information content (AvgIpc) is 3.45. The van der Waals surface area contributed by atoms with Crippen LogP contribution in [0.25, 0.3) is 44.8 Å². The summed E-state index contributed by atoms with van der Waals surface area (Å²) in [6.07, 6.45) is 0. The zero-order valence-corrected chi connectivity index (χ0v) is 19.6. The summed E-state index contributed by atoms with van der Waals surface area (Å²) in [6, 6.07) is 22.0. The number of benzene rings is 3. The first-order valence-corrected chi connectivity index (χ1v) is 11.1. The Kier molecular flexibility index (Phi) is 9.01. The van der Waals surface area contributed by atoms with Crippen molar-refractivity contribution in [3.05, 3.63) is 72.6 Å². The highest BCUT2D eigenvalue weighted by Gasteiger charge is 2.10. The van der Waals surface area contributed by atoms with Gasteiger partial charge in [0, 0.05) is 12.5 Å². The normalized spacial score (nSPS) is 9.77. The van der Waals surface area contributed by atoms with Crippen molar-refractivity contribution in [2.45, 2.75) is 48.5 Å². The molecule has 0 aliphatic heterocycles. The number of fused-ring (bicyclic) bond motifs is 2. The molecule has 0 bridgehead atoms. The quantitative estimate of drug-likeness (QED) is 0.289. The molecule has 0 atom stereocenters. The third kappa shape index (κ3) is 5.40. The van der Waals surface area contributed by atoms with Crippen LogP contribution in [-0.2, 0) is 0 Å². The van der Waals surface area contributed by atoms with E-state index < -0.39 is 0 Å². The smallest absolute Gasteiger partial charge is 0.227 e. The van der Waals surface area contributed by atoms with E-state index in [0.29, 0.717) is 11.8 Å². The molecular formula is C27H32N2O2. The van der Waals surface area contributed by atoms with Crippen LogP contribution < -0.4 is 0 Å². The van der Waals surface area contributed by atoms with Gasteiger partial charge >= 0.3 is 0 Å². The minimum Gasteiger partial charge on any atom is -0.441 e. The second-order valence-electron chi connectivity index (χ2n) is 5.98. The maximum Gasteiger partial charge on any atom is 0.227 e. The number of oxazole rings is 2. The molecular weight excluding hydrogens is 384 g/mol. The van der Waals surface area contributed by atoms with Crippen LogP contribution in [0.1, 0.15) is 47.4 Å². The maximum atomic E-state index is 5.96. The molecule has 2 heterocycles. The van der Waals surface area contributed by atoms with E-state index in [0.717, 1.165) is 38.9 Å². The Morgan fingerprint density at radius 1 is 0.548 bits per heavy atom. The Bertz CT molecular complexity index is 1200. The van der Waals surface area contributed by atoms with E-state index in [1.807, 2.05) is 115 Å². The molecule has 162 valence electrons. The lowest BCUT2D eigenvalue weighted by Gasteiger charge is -2.00. The summed E-state index contributed by atoms with van der Waals surface area (Å²) in [5.74, 6) is 1.31. The van der Waals surface area contributed by atoms with Crippen LogP contribution in [-0.4, -0.2) is 9.97 Å². The van der Waals surface area contributed by atoms with Crippen molar-refractivity contribution in [2.75, 3.05) is 0 Å². The van der Waals surface area contributed by atoms with Crippen molar-refractivity contribution >= 4 is 22.2 Å². The standard InChI is InChI=1S/C21H14N2O2.3C2H6/c1-13-22-18-11-15(8-10-19(18)24-13)16-7-9-17-20(12-16)25-21(23-17)14-5-3-2-4-6-14;3*1-2/h2-12H,1H3;3*1-2H3. The van der Waals surface area contributed by atoms with Gasteiger partial charge in [0.2, 0.25) is 5.89 Å². The summed E-state index contributed by atoms with van der Waals surface area (Å²) in [5.41, 5.74) is 6.38. The molecule has 0 saturated carbocycles. The van der Waals surface area contributed by atoms with Gasteiger partial charge in [-0.05, 0) is 47.5 Å². The lowest BCUT2D eigenvalue weighted by Crippen LogP contribution is -1.78. The average molecular weight is 417 g/mol. The molecule has 3 aromatic carbocycles. The topological polar surface area (TPSA) is 52.1 Å². The molecule has 0 N–H and O–H groups in total. The fraction of sp³-hybridized carbons (Fsp3) is 0.259. The maximum absolute atomic E-state index is 5.96. The van der Waals surface area contributed by atoms with Gasteiger partial charge in [-0.25, -0.2) is 9.97 Å². The third-order valence-electron chi connectivity index (χ3n) is 4.24. The number of nitrogens with zero attached hydrogens (tertiary/aromatic N) is 2. The first-order valence-electron chi connectivity index (χ1n) is 11.1. The van der Waals surface area contributed by atoms with Gasteiger partial charge in [0.05, 0.1) is 0 Å². The molecule has 0 fully saturated rings. The Hall–Kier alpha value is -3.40. The Morgan fingerprint density at radius 3 is 1.90 bits per heavy atom. The summed E-state index contributed by atoms with van der Waals surface area (Å²) in [5, 5.41) is 0. The largest absolute Gasteiger partial charge is 0.441 e. The highest BCUT2D eigenvalue weighted by Crippen LogP contribution is 2.30. The monoisotopic (exact) mass is 416 g/mol. The van der Waals surface area contributed by atoms with Crippen LogP contribution in [0.5, 0.6) is 0 Å². The van der Waals surface area contributed by atoms with E-state index in [1.54, 1.807) is 0 Å². The highest BCUT2D eigenvalue weighted by molar-refractivity contribution is 5.85. The van der Waals surface area contributed by atoms with Crippen molar-refractivity contribution in [2.24, 2.45) is 0 Å². The highest BCUT2D eigenvalue weighted by atomic mass is 16.4. The van der Waals surface area contributed by atoms with Crippen molar-refractivity contribution in [1.29, 1.82) is 0 Å². The molecule has 4 nitrogen and oxygen atoms in total. The number of aryl methyl sites for hydroxylation is 1. The second-order valence-corrected chi connectivity index (χ2v) is 5.98. The van der Waals surface area contributed by atoms with Gasteiger partial charge in [-0.2, -0.15) is 0 Å². The molecule has 0 saturated heterocycles. The lowest BCUT2D eigenvalue weighted by atomic mass is 10.0. The SMILES string of the molecule is CC.CC.CC.Cc1nc2cc(-c3ccc4nc(-c5ccccc5)oc4c3)ccc2o1. The summed E-state index contributed by atoms with van der Waals surface area (Å²) >= 11 is 0. The minimum atomic E-state index is 0.635. The van der Waals surface area contributed by atoms with E-state index in [9.17, 15) is 0 Å². The molecule has 4 heteroatoms. The zero-order valence-electron chi connectivity index (χ0n) is 19.6. The van der Waals surface area contributed by atoms with Crippen molar-refractivity contribution in [1.82, 2.24) is 9.97 Å². The van der Waals surface area contributed by atoms with Crippen LogP contribution >= 0.6 is 0 Å². The summed E-state index contributed by atoms with van der Waals surface area (Å²) in [7, 11) is 0. The van der Waals surface area contributed by atoms with Gasteiger partial charge in [0.1, 0.15) is 11.0 Å². The van der Waals surface area contributed by atoms with Crippen LogP contribution in [0.3, 0.4) is 0 Å². The fourth-order valence-electron chi connectivity index (χ4n) is 3.03. The first kappa shape index (κ1) is 23.9. The lowest BCUT2D eigenvalue weighted by molar-refractivity contribution is 0.561. The minimum absolute atomic E-state index is 0.635. The van der Waals surface area contributed by atoms with E-state index in [4.69, 9.17) is 8.83 Å². The van der Waals surface area contributed by atoms with E-state index >= 15 is 0 Å². The van der Waals surface area contributed by atoms with Crippen LogP contribution in [0.2, 0.25) is 0 Å². The molecule has 0 unspecified atom stereocenters. The van der Waals surface area contributed by atoms with E-state index in [2.05, 4.69) is 9.97 Å². The van der Waals surface area contributed by atoms with Crippen molar-refractivity contribution in [3.63, 3.8) is 0 Å². The van der Waals surface area contributed by atoms with Gasteiger partial charge in [-0.15, -0.1) is 0 Å². The van der Waals surface area contributed by atoms with Gasteiger partial charge in [0.25, 0.3) is 0 Å². The number of aromatic nitrogens is 2. The second kappa shape index (κ2) is 11.7. The van der Waals surface area contributed by atoms with Gasteiger partial charge in [0.15, 0.2) is 17.1 Å². The van der Waals surface area contributed by atoms with E-state index in [1.165, 1.54) is 0 Å². The fourth-order valence-corrected chi connectivity index (χ4v) is 3.03. The predicted octanol–water partition coefficient (Wildman–Crippen LogP) is 8.69. The predicted molar refractivity (Wildman–Crippen MR) is 131 cm³/mol.